The Morgan fingerprint density at radius 2 is 1.86 bits per heavy atom. The average Bonchev–Trinajstić information content (AvgIpc) is 2.82. The van der Waals surface area contributed by atoms with Crippen molar-refractivity contribution in [3.05, 3.63) is 88.9 Å². The van der Waals surface area contributed by atoms with E-state index in [-0.39, 0.29) is 33.9 Å². The highest BCUT2D eigenvalue weighted by atomic mass is 32.2. The number of anilines is 1. The van der Waals surface area contributed by atoms with E-state index in [1.165, 1.54) is 18.2 Å². The Labute approximate surface area is 215 Å². The van der Waals surface area contributed by atoms with E-state index in [0.29, 0.717) is 4.90 Å². The second kappa shape index (κ2) is 11.5. The van der Waals surface area contributed by atoms with E-state index in [1.54, 1.807) is 30.3 Å². The summed E-state index contributed by atoms with van der Waals surface area (Å²) < 4.78 is 78.8. The van der Waals surface area contributed by atoms with Gasteiger partial charge in [0.15, 0.2) is 0 Å². The summed E-state index contributed by atoms with van der Waals surface area (Å²) >= 11 is 1.01. The number of hydrogen-bond donors (Lipinski definition) is 2. The molecule has 6 nitrogen and oxygen atoms in total. The number of benzene rings is 2. The molecule has 0 bridgehead atoms. The highest BCUT2D eigenvalue weighted by molar-refractivity contribution is 7.99. The summed E-state index contributed by atoms with van der Waals surface area (Å²) in [6, 6.07) is 13.1. The van der Waals surface area contributed by atoms with Gasteiger partial charge in [-0.2, -0.15) is 13.2 Å². The molecule has 0 aliphatic carbocycles. The normalized spacial score (nSPS) is 11.8. The number of amides is 1. The highest BCUT2D eigenvalue weighted by Crippen LogP contribution is 2.34. The summed E-state index contributed by atoms with van der Waals surface area (Å²) in [5.41, 5.74) is -0.939. The van der Waals surface area contributed by atoms with E-state index in [2.05, 4.69) is 16.2 Å². The van der Waals surface area contributed by atoms with Crippen molar-refractivity contribution in [3.63, 3.8) is 0 Å². The first kappa shape index (κ1) is 27.8. The zero-order chi connectivity index (χ0) is 27.2. The Balaban J connectivity index is 1.77. The number of nitrogens with zero attached hydrogens (tertiary/aromatic N) is 1. The summed E-state index contributed by atoms with van der Waals surface area (Å²) in [4.78, 5) is 16.7. The Bertz CT molecular complexity index is 1480. The van der Waals surface area contributed by atoms with Gasteiger partial charge in [0.05, 0.1) is 17.5 Å². The van der Waals surface area contributed by atoms with Crippen LogP contribution < -0.4 is 10.0 Å². The van der Waals surface area contributed by atoms with Crippen molar-refractivity contribution in [3.8, 4) is 12.3 Å². The lowest BCUT2D eigenvalue weighted by molar-refractivity contribution is -0.141. The van der Waals surface area contributed by atoms with Crippen LogP contribution >= 0.6 is 11.8 Å². The molecule has 2 N–H and O–H groups in total. The molecule has 0 radical (unpaired) electrons. The third kappa shape index (κ3) is 8.09. The van der Waals surface area contributed by atoms with Crippen LogP contribution in [0.3, 0.4) is 0 Å². The quantitative estimate of drug-likeness (QED) is 0.233. The number of aromatic nitrogens is 1. The predicted molar refractivity (Wildman–Crippen MR) is 133 cm³/mol. The van der Waals surface area contributed by atoms with Crippen molar-refractivity contribution in [2.24, 2.45) is 0 Å². The van der Waals surface area contributed by atoms with Crippen molar-refractivity contribution < 1.29 is 30.8 Å². The van der Waals surface area contributed by atoms with Gasteiger partial charge in [-0.05, 0) is 42.0 Å². The van der Waals surface area contributed by atoms with Gasteiger partial charge in [-0.3, -0.25) is 9.52 Å². The molecule has 0 aliphatic rings. The second-order valence-electron chi connectivity index (χ2n) is 7.57. The van der Waals surface area contributed by atoms with Crippen LogP contribution in [0.25, 0.3) is 6.08 Å². The number of carbonyl (C=O) groups is 1. The maximum Gasteiger partial charge on any atom is 0.433 e. The largest absolute Gasteiger partial charge is 0.433 e. The summed E-state index contributed by atoms with van der Waals surface area (Å²) in [6.45, 7) is -0.148. The van der Waals surface area contributed by atoms with Crippen LogP contribution in [0.2, 0.25) is 0 Å². The third-order valence-electron chi connectivity index (χ3n) is 4.61. The first-order valence-corrected chi connectivity index (χ1v) is 13.1. The zero-order valence-electron chi connectivity index (χ0n) is 19.1. The molecule has 0 atom stereocenters. The standard InChI is InChI=1S/C25H19F4N3O3S2/c1-3-17-13-16(14-20(26)23(17)32-37(2,34)35)15-30-22(33)12-10-18-9-11-21(25(27,28)29)31-24(18)36-19-7-5-4-6-8-19/h1,4-14,32H,15H2,2H3,(H,30,33)/b12-10-. The molecular weight excluding hydrogens is 530 g/mol. The fourth-order valence-corrected chi connectivity index (χ4v) is 4.49. The number of hydrogen-bond acceptors (Lipinski definition) is 5. The van der Waals surface area contributed by atoms with Crippen LogP contribution in [0.15, 0.2) is 70.6 Å². The highest BCUT2D eigenvalue weighted by Gasteiger charge is 2.33. The second-order valence-corrected chi connectivity index (χ2v) is 10.4. The molecule has 1 aromatic heterocycles. The van der Waals surface area contributed by atoms with Crippen molar-refractivity contribution >= 4 is 39.5 Å². The van der Waals surface area contributed by atoms with Crippen molar-refractivity contribution in [2.75, 3.05) is 11.0 Å². The first-order chi connectivity index (χ1) is 17.4. The molecule has 3 aromatic rings. The molecule has 2 aromatic carbocycles. The van der Waals surface area contributed by atoms with E-state index in [0.717, 1.165) is 36.2 Å². The van der Waals surface area contributed by atoms with Crippen molar-refractivity contribution in [1.29, 1.82) is 0 Å². The molecule has 1 amide bonds. The maximum absolute atomic E-state index is 14.4. The topological polar surface area (TPSA) is 88.2 Å². The number of rotatable bonds is 8. The lowest BCUT2D eigenvalue weighted by atomic mass is 10.1. The molecule has 0 aliphatic heterocycles. The minimum absolute atomic E-state index is 0.0522. The molecule has 0 saturated heterocycles. The van der Waals surface area contributed by atoms with Gasteiger partial charge in [-0.25, -0.2) is 17.8 Å². The van der Waals surface area contributed by atoms with Gasteiger partial charge in [0, 0.05) is 23.1 Å². The Kier molecular flexibility index (Phi) is 8.62. The minimum Gasteiger partial charge on any atom is -0.348 e. The predicted octanol–water partition coefficient (Wildman–Crippen LogP) is 5.07. The smallest absolute Gasteiger partial charge is 0.348 e. The van der Waals surface area contributed by atoms with Gasteiger partial charge in [-0.1, -0.05) is 41.9 Å². The molecule has 37 heavy (non-hydrogen) atoms. The van der Waals surface area contributed by atoms with Crippen LogP contribution in [0.1, 0.15) is 22.4 Å². The van der Waals surface area contributed by atoms with Gasteiger partial charge in [0.1, 0.15) is 16.5 Å². The number of sulfonamides is 1. The molecule has 0 fully saturated rings. The maximum atomic E-state index is 14.4. The summed E-state index contributed by atoms with van der Waals surface area (Å²) in [5.74, 6) is 0.660. The molecule has 192 valence electrons. The number of carbonyl (C=O) groups excluding carboxylic acids is 1. The first-order valence-electron chi connectivity index (χ1n) is 10.4. The molecule has 3 rings (SSSR count). The van der Waals surface area contributed by atoms with Crippen LogP contribution in [0.5, 0.6) is 0 Å². The summed E-state index contributed by atoms with van der Waals surface area (Å²) in [7, 11) is -3.77. The number of terminal acetylenes is 1. The molecule has 1 heterocycles. The van der Waals surface area contributed by atoms with Crippen molar-refractivity contribution in [2.45, 2.75) is 22.6 Å². The van der Waals surface area contributed by atoms with E-state index >= 15 is 0 Å². The van der Waals surface area contributed by atoms with E-state index in [9.17, 15) is 30.8 Å². The Morgan fingerprint density at radius 3 is 2.49 bits per heavy atom. The summed E-state index contributed by atoms with van der Waals surface area (Å²) in [5, 5.41) is 2.57. The molecular formula is C25H19F4N3O3S2. The number of halogens is 4. The van der Waals surface area contributed by atoms with E-state index in [1.807, 2.05) is 4.72 Å². The summed E-state index contributed by atoms with van der Waals surface area (Å²) in [6.07, 6.45) is 4.00. The lowest BCUT2D eigenvalue weighted by Crippen LogP contribution is -2.20. The minimum atomic E-state index is -4.63. The van der Waals surface area contributed by atoms with Crippen LogP contribution in [0, 0.1) is 18.2 Å². The van der Waals surface area contributed by atoms with Gasteiger partial charge in [-0.15, -0.1) is 6.42 Å². The lowest BCUT2D eigenvalue weighted by Gasteiger charge is -2.11. The van der Waals surface area contributed by atoms with Crippen molar-refractivity contribution in [1.82, 2.24) is 10.3 Å². The van der Waals surface area contributed by atoms with Crippen LogP contribution in [-0.2, 0) is 27.5 Å². The van der Waals surface area contributed by atoms with Crippen LogP contribution in [-0.4, -0.2) is 25.6 Å². The number of nitrogens with one attached hydrogen (secondary N) is 2. The fourth-order valence-electron chi connectivity index (χ4n) is 3.00. The number of pyridine rings is 1. The van der Waals surface area contributed by atoms with Gasteiger partial charge >= 0.3 is 6.18 Å². The van der Waals surface area contributed by atoms with Gasteiger partial charge in [0.25, 0.3) is 0 Å². The average molecular weight is 550 g/mol. The Morgan fingerprint density at radius 1 is 1.16 bits per heavy atom. The Hall–Kier alpha value is -3.82. The zero-order valence-corrected chi connectivity index (χ0v) is 20.8. The molecule has 0 spiro atoms. The van der Waals surface area contributed by atoms with E-state index < -0.39 is 33.6 Å². The number of alkyl halides is 3. The molecule has 12 heteroatoms. The van der Waals surface area contributed by atoms with E-state index in [4.69, 9.17) is 6.42 Å². The van der Waals surface area contributed by atoms with Crippen LogP contribution in [0.4, 0.5) is 23.2 Å². The molecule has 0 unspecified atom stereocenters. The van der Waals surface area contributed by atoms with Gasteiger partial charge in [0.2, 0.25) is 15.9 Å². The fraction of sp³-hybridized carbons (Fsp3) is 0.120. The third-order valence-corrected chi connectivity index (χ3v) is 6.21. The monoisotopic (exact) mass is 549 g/mol. The SMILES string of the molecule is C#Cc1cc(CNC(=O)/C=C\c2ccc(C(F)(F)F)nc2Sc2ccccc2)cc(F)c1NS(C)(=O)=O. The molecule has 0 saturated carbocycles. The van der Waals surface area contributed by atoms with Gasteiger partial charge < -0.3 is 5.32 Å².